The van der Waals surface area contributed by atoms with E-state index in [1.165, 1.54) is 31.2 Å². The lowest BCUT2D eigenvalue weighted by Gasteiger charge is -2.19. The minimum atomic E-state index is 0.447. The van der Waals surface area contributed by atoms with Gasteiger partial charge >= 0.3 is 0 Å². The molecule has 3 rings (SSSR count). The fraction of sp³-hybridized carbons (Fsp3) is 0.423. The summed E-state index contributed by atoms with van der Waals surface area (Å²) in [4.78, 5) is 9.29. The molecule has 3 unspecified atom stereocenters. The molecule has 1 aromatic heterocycles. The van der Waals surface area contributed by atoms with Gasteiger partial charge in [-0.15, -0.1) is 0 Å². The van der Waals surface area contributed by atoms with E-state index >= 15 is 0 Å². The van der Waals surface area contributed by atoms with Gasteiger partial charge in [0, 0.05) is 18.3 Å². The number of rotatable bonds is 7. The molecule has 2 aromatic rings. The molecule has 0 saturated heterocycles. The van der Waals surface area contributed by atoms with Crippen molar-refractivity contribution in [3.8, 4) is 0 Å². The summed E-state index contributed by atoms with van der Waals surface area (Å²) in [5.41, 5.74) is 4.95. The molecule has 152 valence electrons. The Morgan fingerprint density at radius 3 is 2.62 bits per heavy atom. The Labute approximate surface area is 175 Å². The normalized spacial score (nSPS) is 20.6. The van der Waals surface area contributed by atoms with Crippen LogP contribution in [0.5, 0.6) is 0 Å². The third-order valence-electron chi connectivity index (χ3n) is 5.90. The van der Waals surface area contributed by atoms with E-state index in [1.54, 1.807) is 0 Å². The van der Waals surface area contributed by atoms with Gasteiger partial charge in [-0.3, -0.25) is 0 Å². The SMILES string of the molecule is C=C=C(OCC)c1cnc(C2CCCC(C(C)/C=C/c3ccccc3)CC2)nc1. The Hall–Kier alpha value is -2.64. The van der Waals surface area contributed by atoms with E-state index in [-0.39, 0.29) is 0 Å². The van der Waals surface area contributed by atoms with E-state index in [0.717, 1.165) is 23.7 Å². The molecule has 3 heteroatoms. The summed E-state index contributed by atoms with van der Waals surface area (Å²) in [6, 6.07) is 10.6. The summed E-state index contributed by atoms with van der Waals surface area (Å²) < 4.78 is 5.53. The molecule has 3 atom stereocenters. The standard InChI is InChI=1S/C26H32N2O/c1-4-25(29-5-2)24-18-27-26(28-19-24)23-13-9-12-22(16-17-23)20(3)14-15-21-10-7-6-8-11-21/h6-8,10-11,14-15,18-20,22-23H,1,5,9,12-13,16-17H2,2-3H3/b15-14+. The largest absolute Gasteiger partial charge is 0.486 e. The van der Waals surface area contributed by atoms with Crippen LogP contribution in [0.2, 0.25) is 0 Å². The molecular formula is C26H32N2O. The van der Waals surface area contributed by atoms with Crippen LogP contribution < -0.4 is 0 Å². The summed E-state index contributed by atoms with van der Waals surface area (Å²) in [5.74, 6) is 3.35. The van der Waals surface area contributed by atoms with Crippen molar-refractivity contribution in [3.63, 3.8) is 0 Å². The van der Waals surface area contributed by atoms with E-state index in [9.17, 15) is 0 Å². The second kappa shape index (κ2) is 10.8. The van der Waals surface area contributed by atoms with Crippen LogP contribution in [0.1, 0.15) is 68.8 Å². The molecule has 1 heterocycles. The quantitative estimate of drug-likeness (QED) is 0.302. The first kappa shape index (κ1) is 21.1. The molecule has 0 bridgehead atoms. The van der Waals surface area contributed by atoms with Crippen LogP contribution >= 0.6 is 0 Å². The molecule has 0 N–H and O–H groups in total. The van der Waals surface area contributed by atoms with Crippen molar-refractivity contribution in [1.29, 1.82) is 0 Å². The van der Waals surface area contributed by atoms with Gasteiger partial charge in [-0.25, -0.2) is 9.97 Å². The van der Waals surface area contributed by atoms with Crippen molar-refractivity contribution in [2.75, 3.05) is 6.61 Å². The number of hydrogen-bond donors (Lipinski definition) is 0. The first-order valence-electron chi connectivity index (χ1n) is 10.8. The van der Waals surface area contributed by atoms with E-state index in [4.69, 9.17) is 4.74 Å². The van der Waals surface area contributed by atoms with Crippen LogP contribution in [0.25, 0.3) is 11.8 Å². The number of nitrogens with zero attached hydrogens (tertiary/aromatic N) is 2. The molecule has 29 heavy (non-hydrogen) atoms. The van der Waals surface area contributed by atoms with E-state index in [2.05, 4.69) is 71.7 Å². The van der Waals surface area contributed by atoms with Crippen molar-refractivity contribution in [2.45, 2.75) is 51.9 Å². The summed E-state index contributed by atoms with van der Waals surface area (Å²) in [7, 11) is 0. The highest BCUT2D eigenvalue weighted by atomic mass is 16.5. The number of benzene rings is 1. The van der Waals surface area contributed by atoms with E-state index in [0.29, 0.717) is 24.2 Å². The molecular weight excluding hydrogens is 356 g/mol. The third-order valence-corrected chi connectivity index (χ3v) is 5.90. The molecule has 1 aliphatic carbocycles. The van der Waals surface area contributed by atoms with Crippen molar-refractivity contribution in [2.24, 2.45) is 11.8 Å². The van der Waals surface area contributed by atoms with Gasteiger partial charge in [-0.1, -0.05) is 68.1 Å². The molecule has 0 spiro atoms. The lowest BCUT2D eigenvalue weighted by atomic mass is 9.86. The number of aromatic nitrogens is 2. The van der Waals surface area contributed by atoms with Gasteiger partial charge in [0.1, 0.15) is 5.82 Å². The fourth-order valence-corrected chi connectivity index (χ4v) is 4.15. The van der Waals surface area contributed by atoms with E-state index < -0.39 is 0 Å². The van der Waals surface area contributed by atoms with E-state index in [1.807, 2.05) is 19.3 Å². The molecule has 0 aliphatic heterocycles. The van der Waals surface area contributed by atoms with Crippen LogP contribution in [-0.2, 0) is 4.74 Å². The molecule has 1 aromatic carbocycles. The highest BCUT2D eigenvalue weighted by Crippen LogP contribution is 2.36. The number of allylic oxidation sites excluding steroid dienone is 1. The van der Waals surface area contributed by atoms with Crippen LogP contribution in [0.15, 0.2) is 61.1 Å². The first-order chi connectivity index (χ1) is 14.2. The Morgan fingerprint density at radius 1 is 1.17 bits per heavy atom. The first-order valence-corrected chi connectivity index (χ1v) is 10.8. The zero-order chi connectivity index (χ0) is 20.5. The fourth-order valence-electron chi connectivity index (χ4n) is 4.15. The van der Waals surface area contributed by atoms with Gasteiger partial charge in [-0.2, -0.15) is 0 Å². The molecule has 1 fully saturated rings. The van der Waals surface area contributed by atoms with Gasteiger partial charge in [0.15, 0.2) is 5.76 Å². The summed E-state index contributed by atoms with van der Waals surface area (Å²) in [5, 5.41) is 0. The monoisotopic (exact) mass is 388 g/mol. The maximum atomic E-state index is 5.53. The Balaban J connectivity index is 1.59. The topological polar surface area (TPSA) is 35.0 Å². The number of hydrogen-bond acceptors (Lipinski definition) is 3. The molecule has 1 aliphatic rings. The average Bonchev–Trinajstić information content (AvgIpc) is 3.03. The lowest BCUT2D eigenvalue weighted by molar-refractivity contribution is 0.298. The van der Waals surface area contributed by atoms with Crippen LogP contribution in [-0.4, -0.2) is 16.6 Å². The predicted molar refractivity (Wildman–Crippen MR) is 120 cm³/mol. The van der Waals surface area contributed by atoms with Crippen LogP contribution in [0.4, 0.5) is 0 Å². The zero-order valence-corrected chi connectivity index (χ0v) is 17.7. The highest BCUT2D eigenvalue weighted by molar-refractivity contribution is 5.56. The maximum absolute atomic E-state index is 5.53. The van der Waals surface area contributed by atoms with Crippen LogP contribution in [0, 0.1) is 11.8 Å². The highest BCUT2D eigenvalue weighted by Gasteiger charge is 2.24. The van der Waals surface area contributed by atoms with Gasteiger partial charge < -0.3 is 4.74 Å². The third kappa shape index (κ3) is 5.92. The molecule has 0 radical (unpaired) electrons. The van der Waals surface area contributed by atoms with Crippen molar-refractivity contribution >= 4 is 11.8 Å². The van der Waals surface area contributed by atoms with Crippen LogP contribution in [0.3, 0.4) is 0 Å². The second-order valence-electron chi connectivity index (χ2n) is 7.86. The minimum Gasteiger partial charge on any atom is -0.486 e. The predicted octanol–water partition coefficient (Wildman–Crippen LogP) is 6.65. The summed E-state index contributed by atoms with van der Waals surface area (Å²) in [6.07, 6.45) is 14.4. The smallest absolute Gasteiger partial charge is 0.171 e. The zero-order valence-electron chi connectivity index (χ0n) is 17.7. The minimum absolute atomic E-state index is 0.447. The maximum Gasteiger partial charge on any atom is 0.171 e. The van der Waals surface area contributed by atoms with Crippen molar-refractivity contribution in [3.05, 3.63) is 78.1 Å². The average molecular weight is 389 g/mol. The van der Waals surface area contributed by atoms with Crippen molar-refractivity contribution < 1.29 is 4.74 Å². The molecule has 1 saturated carbocycles. The number of ether oxygens (including phenoxy) is 1. The molecule has 0 amide bonds. The summed E-state index contributed by atoms with van der Waals surface area (Å²) >= 11 is 0. The second-order valence-corrected chi connectivity index (χ2v) is 7.86. The van der Waals surface area contributed by atoms with Gasteiger partial charge in [0.25, 0.3) is 0 Å². The van der Waals surface area contributed by atoms with Gasteiger partial charge in [0.05, 0.1) is 12.2 Å². The Morgan fingerprint density at radius 2 is 1.93 bits per heavy atom. The molecule has 3 nitrogen and oxygen atoms in total. The van der Waals surface area contributed by atoms with Gasteiger partial charge in [-0.05, 0) is 50.0 Å². The van der Waals surface area contributed by atoms with Gasteiger partial charge in [0.2, 0.25) is 0 Å². The lowest BCUT2D eigenvalue weighted by Crippen LogP contribution is -2.09. The Kier molecular flexibility index (Phi) is 7.84. The van der Waals surface area contributed by atoms with Crippen molar-refractivity contribution in [1.82, 2.24) is 9.97 Å². The Bertz CT molecular complexity index is 835. The summed E-state index contributed by atoms with van der Waals surface area (Å²) in [6.45, 7) is 8.58.